The van der Waals surface area contributed by atoms with Crippen LogP contribution in [0.2, 0.25) is 0 Å². The van der Waals surface area contributed by atoms with Gasteiger partial charge in [0.25, 0.3) is 5.91 Å². The second kappa shape index (κ2) is 7.76. The van der Waals surface area contributed by atoms with Crippen LogP contribution in [0.4, 0.5) is 22.9 Å². The molecular weight excluding hydrogens is 424 g/mol. The molecule has 11 heteroatoms. The molecule has 1 aliphatic heterocycles. The summed E-state index contributed by atoms with van der Waals surface area (Å²) in [4.78, 5) is 44.2. The van der Waals surface area contributed by atoms with E-state index in [4.69, 9.17) is 4.11 Å². The van der Waals surface area contributed by atoms with Gasteiger partial charge in [0.15, 0.2) is 5.82 Å². The lowest BCUT2D eigenvalue weighted by atomic mass is 10.1. The van der Waals surface area contributed by atoms with Gasteiger partial charge in [-0.1, -0.05) is 6.07 Å². The number of para-hydroxylation sites is 1. The van der Waals surface area contributed by atoms with Gasteiger partial charge in [0.2, 0.25) is 5.91 Å². The molecule has 0 spiro atoms. The molecule has 0 radical (unpaired) electrons. The highest BCUT2D eigenvalue weighted by Gasteiger charge is 2.31. The van der Waals surface area contributed by atoms with Crippen LogP contribution in [0.15, 0.2) is 35.3 Å². The summed E-state index contributed by atoms with van der Waals surface area (Å²) in [6.07, 6.45) is 2.91. The van der Waals surface area contributed by atoms with Gasteiger partial charge in [-0.05, 0) is 31.0 Å². The summed E-state index contributed by atoms with van der Waals surface area (Å²) in [7, 11) is 3.43. The number of aromatic nitrogens is 4. The Morgan fingerprint density at radius 2 is 2.00 bits per heavy atom. The molecule has 1 aliphatic carbocycles. The van der Waals surface area contributed by atoms with Crippen molar-refractivity contribution in [3.63, 3.8) is 0 Å². The molecule has 170 valence electrons. The summed E-state index contributed by atoms with van der Waals surface area (Å²) in [6.45, 7) is -2.38. The summed E-state index contributed by atoms with van der Waals surface area (Å²) < 4.78 is 25.2. The van der Waals surface area contributed by atoms with Gasteiger partial charge >= 0.3 is 5.69 Å². The van der Waals surface area contributed by atoms with Crippen molar-refractivity contribution in [1.29, 1.82) is 0 Å². The van der Waals surface area contributed by atoms with E-state index in [1.165, 1.54) is 21.5 Å². The Hall–Kier alpha value is -4.15. The summed E-state index contributed by atoms with van der Waals surface area (Å²) in [5, 5.41) is 12.1. The van der Waals surface area contributed by atoms with Crippen molar-refractivity contribution in [1.82, 2.24) is 24.6 Å². The van der Waals surface area contributed by atoms with E-state index in [0.29, 0.717) is 29.4 Å². The number of aryl methyl sites for hydroxylation is 1. The first-order chi connectivity index (χ1) is 17.0. The Labute approximate surface area is 193 Å². The second-order valence-electron chi connectivity index (χ2n) is 8.11. The van der Waals surface area contributed by atoms with Crippen LogP contribution in [-0.2, 0) is 18.4 Å². The third-order valence-electron chi connectivity index (χ3n) is 5.76. The highest BCUT2D eigenvalue weighted by atomic mass is 16.2. The van der Waals surface area contributed by atoms with Gasteiger partial charge in [-0.3, -0.25) is 9.59 Å². The van der Waals surface area contributed by atoms with Crippen molar-refractivity contribution in [2.75, 3.05) is 29.6 Å². The fourth-order valence-corrected chi connectivity index (χ4v) is 4.03. The van der Waals surface area contributed by atoms with Crippen LogP contribution < -0.4 is 26.5 Å². The summed E-state index contributed by atoms with van der Waals surface area (Å²) in [5.41, 5.74) is 1.68. The number of benzene rings is 1. The van der Waals surface area contributed by atoms with E-state index in [1.807, 2.05) is 17.3 Å². The zero-order chi connectivity index (χ0) is 25.8. The van der Waals surface area contributed by atoms with E-state index in [0.717, 1.165) is 12.8 Å². The van der Waals surface area contributed by atoms with E-state index in [2.05, 4.69) is 20.7 Å². The number of rotatable bonds is 5. The SMILES string of the molecule is [2H]C([2H])([2H])NC(=O)c1c(Nc2cccc3c2N(C)Cc2nn(C)c(=O)n2-3)ccnc1NC(=O)C1CC1. The molecular formula is C22H24N8O3. The van der Waals surface area contributed by atoms with Gasteiger partial charge in [0.05, 0.1) is 29.3 Å². The van der Waals surface area contributed by atoms with E-state index >= 15 is 0 Å². The van der Waals surface area contributed by atoms with Crippen LogP contribution in [-0.4, -0.2) is 45.2 Å². The maximum atomic E-state index is 13.1. The van der Waals surface area contributed by atoms with Crippen molar-refractivity contribution in [2.45, 2.75) is 19.4 Å². The summed E-state index contributed by atoms with van der Waals surface area (Å²) in [5.74, 6) is -0.795. The first kappa shape index (κ1) is 17.4. The largest absolute Gasteiger partial charge is 0.364 e. The van der Waals surface area contributed by atoms with E-state index < -0.39 is 12.9 Å². The first-order valence-electron chi connectivity index (χ1n) is 11.9. The molecule has 0 bridgehead atoms. The van der Waals surface area contributed by atoms with Crippen molar-refractivity contribution in [3.8, 4) is 5.69 Å². The molecule has 3 N–H and O–H groups in total. The number of anilines is 4. The minimum atomic E-state index is -2.74. The maximum absolute atomic E-state index is 13.1. The topological polar surface area (TPSA) is 126 Å². The molecule has 3 heterocycles. The number of carbonyl (C=O) groups is 2. The van der Waals surface area contributed by atoms with Crippen molar-refractivity contribution < 1.29 is 13.7 Å². The first-order valence-corrected chi connectivity index (χ1v) is 10.4. The number of pyridine rings is 1. The van der Waals surface area contributed by atoms with Crippen molar-refractivity contribution >= 4 is 34.7 Å². The lowest BCUT2D eigenvalue weighted by Crippen LogP contribution is -2.31. The molecule has 1 aromatic carbocycles. The Kier molecular flexibility index (Phi) is 4.10. The zero-order valence-electron chi connectivity index (χ0n) is 21.0. The third-order valence-corrected chi connectivity index (χ3v) is 5.76. The van der Waals surface area contributed by atoms with Gasteiger partial charge in [-0.2, -0.15) is 5.10 Å². The van der Waals surface area contributed by atoms with Crippen LogP contribution in [0.3, 0.4) is 0 Å². The zero-order valence-corrected chi connectivity index (χ0v) is 18.0. The van der Waals surface area contributed by atoms with Crippen LogP contribution in [0.1, 0.15) is 33.1 Å². The Morgan fingerprint density at radius 3 is 2.76 bits per heavy atom. The van der Waals surface area contributed by atoms with E-state index in [9.17, 15) is 14.4 Å². The Morgan fingerprint density at radius 1 is 1.18 bits per heavy atom. The van der Waals surface area contributed by atoms with E-state index in [1.54, 1.807) is 25.2 Å². The molecule has 3 aromatic rings. The minimum absolute atomic E-state index is 0.0393. The molecule has 0 unspecified atom stereocenters. The molecule has 5 rings (SSSR count). The Balaban J connectivity index is 1.59. The average Bonchev–Trinajstić information content (AvgIpc) is 3.59. The predicted molar refractivity (Wildman–Crippen MR) is 123 cm³/mol. The van der Waals surface area contributed by atoms with Crippen LogP contribution >= 0.6 is 0 Å². The van der Waals surface area contributed by atoms with Crippen molar-refractivity contribution in [3.05, 3.63) is 52.3 Å². The molecule has 2 aliphatic rings. The Bertz CT molecular complexity index is 1440. The molecule has 33 heavy (non-hydrogen) atoms. The molecule has 2 amide bonds. The monoisotopic (exact) mass is 451 g/mol. The normalized spacial score (nSPS) is 16.1. The fraction of sp³-hybridized carbons (Fsp3) is 0.318. The van der Waals surface area contributed by atoms with Gasteiger partial charge in [-0.15, -0.1) is 0 Å². The van der Waals surface area contributed by atoms with Crippen LogP contribution in [0, 0.1) is 5.92 Å². The molecule has 1 saturated carbocycles. The van der Waals surface area contributed by atoms with Gasteiger partial charge in [0.1, 0.15) is 11.4 Å². The highest BCUT2D eigenvalue weighted by molar-refractivity contribution is 6.08. The standard InChI is InChI=1S/C22H24N8O3/c1-23-21(32)17-13(9-10-24-19(17)26-20(31)12-7-8-12)25-14-5-4-6-15-18(14)28(2)11-16-27-29(3)22(33)30(15)16/h4-6,9-10,12H,7-8,11H2,1-3H3,(H,23,32)(H2,24,25,26,31)/i1D3. The minimum Gasteiger partial charge on any atom is -0.364 e. The number of nitrogens with one attached hydrogen (secondary N) is 3. The average molecular weight is 452 g/mol. The molecule has 0 atom stereocenters. The summed E-state index contributed by atoms with van der Waals surface area (Å²) >= 11 is 0. The quantitative estimate of drug-likeness (QED) is 0.535. The number of hydrogen-bond acceptors (Lipinski definition) is 7. The van der Waals surface area contributed by atoms with Gasteiger partial charge in [0, 0.05) is 37.3 Å². The van der Waals surface area contributed by atoms with Gasteiger partial charge < -0.3 is 20.9 Å². The second-order valence-corrected chi connectivity index (χ2v) is 8.11. The number of carbonyl (C=O) groups excluding carboxylic acids is 2. The third kappa shape index (κ3) is 3.51. The molecule has 2 aromatic heterocycles. The highest BCUT2D eigenvalue weighted by Crippen LogP contribution is 2.39. The number of nitrogens with zero attached hydrogens (tertiary/aromatic N) is 5. The number of fused-ring (bicyclic) bond motifs is 3. The molecule has 1 fully saturated rings. The molecule has 0 saturated heterocycles. The maximum Gasteiger partial charge on any atom is 0.350 e. The smallest absolute Gasteiger partial charge is 0.350 e. The number of amides is 2. The van der Waals surface area contributed by atoms with Crippen molar-refractivity contribution in [2.24, 2.45) is 13.0 Å². The lowest BCUT2D eigenvalue weighted by Gasteiger charge is -2.30. The summed E-state index contributed by atoms with van der Waals surface area (Å²) in [6, 6.07) is 6.84. The van der Waals surface area contributed by atoms with E-state index in [-0.39, 0.29) is 34.6 Å². The van der Waals surface area contributed by atoms with Crippen LogP contribution in [0.5, 0.6) is 0 Å². The van der Waals surface area contributed by atoms with Crippen LogP contribution in [0.25, 0.3) is 5.69 Å². The lowest BCUT2D eigenvalue weighted by molar-refractivity contribution is -0.117. The fourth-order valence-electron chi connectivity index (χ4n) is 4.03. The van der Waals surface area contributed by atoms with Gasteiger partial charge in [-0.25, -0.2) is 19.0 Å². The number of hydrogen-bond donors (Lipinski definition) is 3. The predicted octanol–water partition coefficient (Wildman–Crippen LogP) is 1.37. The molecule has 11 nitrogen and oxygen atoms in total.